The lowest BCUT2D eigenvalue weighted by Crippen LogP contribution is -2.24. The minimum Gasteiger partial charge on any atom is -0.306 e. The summed E-state index contributed by atoms with van der Waals surface area (Å²) >= 11 is 0. The average molecular weight is 273 g/mol. The zero-order valence-electron chi connectivity index (χ0n) is 12.2. The van der Waals surface area contributed by atoms with E-state index in [-0.39, 0.29) is 11.9 Å². The molecule has 0 saturated carbocycles. The molecule has 0 radical (unpaired) electrons. The SMILES string of the molecule is CCCNC(c1ccc(F)cc1)c1cc(C)nnc1C. The second-order valence-electron chi connectivity index (χ2n) is 4.97. The Labute approximate surface area is 119 Å². The molecule has 20 heavy (non-hydrogen) atoms. The number of aryl methyl sites for hydroxylation is 2. The quantitative estimate of drug-likeness (QED) is 0.908. The van der Waals surface area contributed by atoms with E-state index in [1.807, 2.05) is 32.0 Å². The molecule has 0 aliphatic heterocycles. The summed E-state index contributed by atoms with van der Waals surface area (Å²) in [5.74, 6) is -0.219. The fourth-order valence-corrected chi connectivity index (χ4v) is 2.21. The number of hydrogen-bond donors (Lipinski definition) is 1. The van der Waals surface area contributed by atoms with Crippen molar-refractivity contribution in [3.8, 4) is 0 Å². The normalized spacial score (nSPS) is 12.4. The lowest BCUT2D eigenvalue weighted by molar-refractivity contribution is 0.586. The van der Waals surface area contributed by atoms with Crippen LogP contribution < -0.4 is 5.32 Å². The zero-order chi connectivity index (χ0) is 14.5. The minimum absolute atomic E-state index is 0.0183. The van der Waals surface area contributed by atoms with Gasteiger partial charge in [-0.2, -0.15) is 10.2 Å². The van der Waals surface area contributed by atoms with Crippen molar-refractivity contribution in [2.24, 2.45) is 0 Å². The lowest BCUT2D eigenvalue weighted by Gasteiger charge is -2.21. The van der Waals surface area contributed by atoms with Crippen molar-refractivity contribution in [1.82, 2.24) is 15.5 Å². The molecule has 1 N–H and O–H groups in total. The van der Waals surface area contributed by atoms with Crippen molar-refractivity contribution < 1.29 is 4.39 Å². The number of nitrogens with one attached hydrogen (secondary N) is 1. The van der Waals surface area contributed by atoms with E-state index in [1.165, 1.54) is 12.1 Å². The number of rotatable bonds is 5. The van der Waals surface area contributed by atoms with Gasteiger partial charge < -0.3 is 5.32 Å². The average Bonchev–Trinajstić information content (AvgIpc) is 2.44. The molecule has 3 nitrogen and oxygen atoms in total. The fraction of sp³-hybridized carbons (Fsp3) is 0.375. The maximum atomic E-state index is 13.1. The van der Waals surface area contributed by atoms with Gasteiger partial charge >= 0.3 is 0 Å². The van der Waals surface area contributed by atoms with Crippen LogP contribution in [0.2, 0.25) is 0 Å². The van der Waals surface area contributed by atoms with E-state index in [0.717, 1.165) is 35.5 Å². The Balaban J connectivity index is 2.41. The predicted molar refractivity (Wildman–Crippen MR) is 78.0 cm³/mol. The van der Waals surface area contributed by atoms with Gasteiger partial charge in [0.2, 0.25) is 0 Å². The van der Waals surface area contributed by atoms with Gasteiger partial charge in [-0.3, -0.25) is 0 Å². The second-order valence-corrected chi connectivity index (χ2v) is 4.97. The van der Waals surface area contributed by atoms with Crippen LogP contribution in [0.1, 0.15) is 41.9 Å². The van der Waals surface area contributed by atoms with Crippen LogP contribution in [0.25, 0.3) is 0 Å². The largest absolute Gasteiger partial charge is 0.306 e. The molecule has 0 fully saturated rings. The fourth-order valence-electron chi connectivity index (χ4n) is 2.21. The number of nitrogens with zero attached hydrogens (tertiary/aromatic N) is 2. The lowest BCUT2D eigenvalue weighted by atomic mass is 9.97. The molecule has 4 heteroatoms. The molecular weight excluding hydrogens is 253 g/mol. The Hall–Kier alpha value is -1.81. The first kappa shape index (κ1) is 14.6. The first-order valence-corrected chi connectivity index (χ1v) is 6.91. The van der Waals surface area contributed by atoms with E-state index in [1.54, 1.807) is 0 Å². The Kier molecular flexibility index (Phi) is 4.79. The molecule has 1 heterocycles. The van der Waals surface area contributed by atoms with Crippen molar-refractivity contribution in [1.29, 1.82) is 0 Å². The number of hydrogen-bond acceptors (Lipinski definition) is 3. The monoisotopic (exact) mass is 273 g/mol. The summed E-state index contributed by atoms with van der Waals surface area (Å²) < 4.78 is 13.1. The van der Waals surface area contributed by atoms with Crippen LogP contribution in [-0.2, 0) is 0 Å². The molecule has 0 bridgehead atoms. The third-order valence-electron chi connectivity index (χ3n) is 3.25. The maximum Gasteiger partial charge on any atom is 0.123 e. The molecular formula is C16H20FN3. The summed E-state index contributed by atoms with van der Waals surface area (Å²) in [6.07, 6.45) is 1.04. The van der Waals surface area contributed by atoms with E-state index >= 15 is 0 Å². The molecule has 1 aromatic carbocycles. The summed E-state index contributed by atoms with van der Waals surface area (Å²) in [4.78, 5) is 0. The van der Waals surface area contributed by atoms with Gasteiger partial charge in [-0.25, -0.2) is 4.39 Å². The molecule has 1 aromatic heterocycles. The van der Waals surface area contributed by atoms with Gasteiger partial charge in [0.1, 0.15) is 5.82 Å². The number of halogens is 1. The van der Waals surface area contributed by atoms with E-state index in [2.05, 4.69) is 22.4 Å². The van der Waals surface area contributed by atoms with Crippen LogP contribution >= 0.6 is 0 Å². The molecule has 1 atom stereocenters. The number of benzene rings is 1. The second kappa shape index (κ2) is 6.57. The summed E-state index contributed by atoms with van der Waals surface area (Å²) in [5.41, 5.74) is 3.91. The van der Waals surface area contributed by atoms with Gasteiger partial charge in [0.15, 0.2) is 0 Å². The van der Waals surface area contributed by atoms with Crippen molar-refractivity contribution in [3.05, 3.63) is 58.7 Å². The smallest absolute Gasteiger partial charge is 0.123 e. The Morgan fingerprint density at radius 2 is 1.85 bits per heavy atom. The Morgan fingerprint density at radius 3 is 2.50 bits per heavy atom. The predicted octanol–water partition coefficient (Wildman–Crippen LogP) is 3.32. The van der Waals surface area contributed by atoms with Crippen molar-refractivity contribution in [2.75, 3.05) is 6.54 Å². The topological polar surface area (TPSA) is 37.8 Å². The van der Waals surface area contributed by atoms with Crippen molar-refractivity contribution in [3.63, 3.8) is 0 Å². The highest BCUT2D eigenvalue weighted by molar-refractivity contribution is 5.34. The highest BCUT2D eigenvalue weighted by atomic mass is 19.1. The molecule has 1 unspecified atom stereocenters. The molecule has 0 aliphatic carbocycles. The molecule has 2 rings (SSSR count). The van der Waals surface area contributed by atoms with Crippen LogP contribution in [0, 0.1) is 19.7 Å². The molecule has 0 spiro atoms. The molecule has 0 aliphatic rings. The van der Waals surface area contributed by atoms with Crippen molar-refractivity contribution in [2.45, 2.75) is 33.2 Å². The molecule has 2 aromatic rings. The van der Waals surface area contributed by atoms with Gasteiger partial charge in [0.25, 0.3) is 0 Å². The first-order valence-electron chi connectivity index (χ1n) is 6.91. The molecule has 0 amide bonds. The third-order valence-corrected chi connectivity index (χ3v) is 3.25. The standard InChI is InChI=1S/C16H20FN3/c1-4-9-18-16(13-5-7-14(17)8-6-13)15-10-11(2)19-20-12(15)3/h5-8,10,16,18H,4,9H2,1-3H3. The van der Waals surface area contributed by atoms with E-state index in [9.17, 15) is 4.39 Å². The minimum atomic E-state index is -0.219. The van der Waals surface area contributed by atoms with Gasteiger partial charge in [0, 0.05) is 0 Å². The van der Waals surface area contributed by atoms with Gasteiger partial charge in [-0.05, 0) is 56.1 Å². The molecule has 106 valence electrons. The van der Waals surface area contributed by atoms with Crippen molar-refractivity contribution >= 4 is 0 Å². The van der Waals surface area contributed by atoms with Crippen LogP contribution in [0.4, 0.5) is 4.39 Å². The third kappa shape index (κ3) is 3.39. The van der Waals surface area contributed by atoms with E-state index in [0.29, 0.717) is 0 Å². The summed E-state index contributed by atoms with van der Waals surface area (Å²) in [5, 5.41) is 11.8. The van der Waals surface area contributed by atoms with Crippen LogP contribution in [0.5, 0.6) is 0 Å². The Morgan fingerprint density at radius 1 is 1.15 bits per heavy atom. The maximum absolute atomic E-state index is 13.1. The summed E-state index contributed by atoms with van der Waals surface area (Å²) in [7, 11) is 0. The molecule has 0 saturated heterocycles. The van der Waals surface area contributed by atoms with Gasteiger partial charge in [0.05, 0.1) is 17.4 Å². The van der Waals surface area contributed by atoms with E-state index < -0.39 is 0 Å². The van der Waals surface area contributed by atoms with Gasteiger partial charge in [-0.15, -0.1) is 0 Å². The van der Waals surface area contributed by atoms with Crippen LogP contribution in [0.15, 0.2) is 30.3 Å². The van der Waals surface area contributed by atoms with E-state index in [4.69, 9.17) is 0 Å². The first-order chi connectivity index (χ1) is 9.61. The highest BCUT2D eigenvalue weighted by Crippen LogP contribution is 2.24. The summed E-state index contributed by atoms with van der Waals surface area (Å²) in [6, 6.07) is 8.68. The summed E-state index contributed by atoms with van der Waals surface area (Å²) in [6.45, 7) is 6.89. The zero-order valence-corrected chi connectivity index (χ0v) is 12.2. The Bertz CT molecular complexity index is 566. The van der Waals surface area contributed by atoms with Crippen LogP contribution in [0.3, 0.4) is 0 Å². The van der Waals surface area contributed by atoms with Crippen LogP contribution in [-0.4, -0.2) is 16.7 Å². The van der Waals surface area contributed by atoms with Gasteiger partial charge in [-0.1, -0.05) is 19.1 Å². The highest BCUT2D eigenvalue weighted by Gasteiger charge is 2.17. The number of aromatic nitrogens is 2.